The number of rotatable bonds is 3. The van der Waals surface area contributed by atoms with Gasteiger partial charge in [0.05, 0.1) is 12.0 Å². The Balaban J connectivity index is 0.00000180. The molecule has 0 radical (unpaired) electrons. The molecule has 1 saturated carbocycles. The minimum absolute atomic E-state index is 0. The second-order valence-corrected chi connectivity index (χ2v) is 7.82. The molecule has 1 N–H and O–H groups in total. The number of fused-ring (bicyclic) bond motifs is 1. The Morgan fingerprint density at radius 3 is 2.52 bits per heavy atom. The predicted octanol–water partition coefficient (Wildman–Crippen LogP) is 2.24. The van der Waals surface area contributed by atoms with Crippen LogP contribution in [0.4, 0.5) is 0 Å². The van der Waals surface area contributed by atoms with Gasteiger partial charge in [0.15, 0.2) is 0 Å². The normalized spacial score (nSPS) is 21.3. The topological polar surface area (TPSA) is 63.1 Å². The summed E-state index contributed by atoms with van der Waals surface area (Å²) in [7, 11) is 0. The van der Waals surface area contributed by atoms with Crippen LogP contribution >= 0.6 is 12.4 Å². The summed E-state index contributed by atoms with van der Waals surface area (Å²) < 4.78 is 2.28. The molecule has 0 spiro atoms. The summed E-state index contributed by atoms with van der Waals surface area (Å²) in [6.45, 7) is 4.41. The molecule has 1 amide bonds. The molecule has 2 aliphatic heterocycles. The first-order valence-electron chi connectivity index (χ1n) is 9.75. The number of carbonyl (C=O) groups is 1. The molecule has 27 heavy (non-hydrogen) atoms. The molecule has 2 fully saturated rings. The summed E-state index contributed by atoms with van der Waals surface area (Å²) in [6, 6.07) is 10.3. The molecule has 3 heterocycles. The number of nitrogens with one attached hydrogen (secondary N) is 1. The molecule has 1 aliphatic carbocycles. The van der Waals surface area contributed by atoms with Gasteiger partial charge in [-0.15, -0.1) is 22.6 Å². The summed E-state index contributed by atoms with van der Waals surface area (Å²) in [5.74, 6) is 2.92. The molecule has 0 unspecified atom stereocenters. The van der Waals surface area contributed by atoms with Gasteiger partial charge in [0.1, 0.15) is 11.6 Å². The standard InChI is InChI=1S/C20H25N5O.ClH/c26-19(20(8-9-20)16-4-2-1-3-5-16)24-11-6-15(7-12-24)18-23-22-17-14-21-10-13-25(17)18;/h1-5,15,21H,6-14H2;1H. The van der Waals surface area contributed by atoms with Crippen LogP contribution in [0.5, 0.6) is 0 Å². The molecule has 6 nitrogen and oxygen atoms in total. The van der Waals surface area contributed by atoms with Crippen LogP contribution in [-0.4, -0.2) is 45.2 Å². The van der Waals surface area contributed by atoms with Gasteiger partial charge in [-0.05, 0) is 31.2 Å². The Labute approximate surface area is 165 Å². The third-order valence-corrected chi connectivity index (χ3v) is 6.28. The molecule has 1 aromatic heterocycles. The highest BCUT2D eigenvalue weighted by Crippen LogP contribution is 2.50. The van der Waals surface area contributed by atoms with Crippen molar-refractivity contribution in [2.24, 2.45) is 0 Å². The Bertz CT molecular complexity index is 809. The predicted molar refractivity (Wildman–Crippen MR) is 105 cm³/mol. The van der Waals surface area contributed by atoms with Crippen molar-refractivity contribution in [1.82, 2.24) is 25.0 Å². The maximum Gasteiger partial charge on any atom is 0.233 e. The van der Waals surface area contributed by atoms with Gasteiger partial charge in [0.25, 0.3) is 0 Å². The Hall–Kier alpha value is -1.92. The number of amides is 1. The number of hydrogen-bond donors (Lipinski definition) is 1. The molecule has 3 aliphatic rings. The largest absolute Gasteiger partial charge is 0.342 e. The SMILES string of the molecule is Cl.O=C(N1CCC(c2nnc3n2CCNC3)CC1)C1(c2ccccc2)CC1. The number of nitrogens with zero attached hydrogens (tertiary/aromatic N) is 4. The zero-order chi connectivity index (χ0) is 17.6. The quantitative estimate of drug-likeness (QED) is 0.877. The van der Waals surface area contributed by atoms with E-state index in [0.717, 1.165) is 70.1 Å². The Kier molecular flexibility index (Phi) is 4.95. The van der Waals surface area contributed by atoms with Crippen molar-refractivity contribution in [2.75, 3.05) is 19.6 Å². The average molecular weight is 388 g/mol. The Morgan fingerprint density at radius 2 is 1.81 bits per heavy atom. The first-order valence-corrected chi connectivity index (χ1v) is 9.75. The van der Waals surface area contributed by atoms with Gasteiger partial charge in [0, 0.05) is 32.1 Å². The van der Waals surface area contributed by atoms with Gasteiger partial charge in [-0.2, -0.15) is 0 Å². The molecule has 0 atom stereocenters. The van der Waals surface area contributed by atoms with Gasteiger partial charge in [0.2, 0.25) is 5.91 Å². The van der Waals surface area contributed by atoms with E-state index >= 15 is 0 Å². The van der Waals surface area contributed by atoms with E-state index in [4.69, 9.17) is 0 Å². The first-order chi connectivity index (χ1) is 12.8. The van der Waals surface area contributed by atoms with Crippen LogP contribution in [-0.2, 0) is 23.3 Å². The van der Waals surface area contributed by atoms with Crippen LogP contribution in [0, 0.1) is 0 Å². The van der Waals surface area contributed by atoms with E-state index < -0.39 is 0 Å². The fourth-order valence-corrected chi connectivity index (χ4v) is 4.57. The van der Waals surface area contributed by atoms with Crippen molar-refractivity contribution >= 4 is 18.3 Å². The molecule has 0 bridgehead atoms. The van der Waals surface area contributed by atoms with Crippen LogP contribution < -0.4 is 5.32 Å². The van der Waals surface area contributed by atoms with E-state index in [9.17, 15) is 4.79 Å². The van der Waals surface area contributed by atoms with Crippen molar-refractivity contribution in [1.29, 1.82) is 0 Å². The minimum Gasteiger partial charge on any atom is -0.342 e. The van der Waals surface area contributed by atoms with E-state index in [0.29, 0.717) is 11.8 Å². The van der Waals surface area contributed by atoms with Gasteiger partial charge >= 0.3 is 0 Å². The van der Waals surface area contributed by atoms with Crippen molar-refractivity contribution < 1.29 is 4.79 Å². The molecule has 144 valence electrons. The highest BCUT2D eigenvalue weighted by atomic mass is 35.5. The van der Waals surface area contributed by atoms with E-state index in [1.807, 2.05) is 18.2 Å². The van der Waals surface area contributed by atoms with Crippen LogP contribution in [0.2, 0.25) is 0 Å². The van der Waals surface area contributed by atoms with Gasteiger partial charge in [-0.25, -0.2) is 0 Å². The number of piperidine rings is 1. The molecular weight excluding hydrogens is 362 g/mol. The third kappa shape index (κ3) is 3.15. The third-order valence-electron chi connectivity index (χ3n) is 6.28. The fraction of sp³-hybridized carbons (Fsp3) is 0.550. The van der Waals surface area contributed by atoms with E-state index in [2.05, 4.69) is 37.1 Å². The average Bonchev–Trinajstić information content (AvgIpc) is 3.41. The highest BCUT2D eigenvalue weighted by molar-refractivity contribution is 5.91. The highest BCUT2D eigenvalue weighted by Gasteiger charge is 2.53. The van der Waals surface area contributed by atoms with Crippen LogP contribution in [0.1, 0.15) is 48.8 Å². The lowest BCUT2D eigenvalue weighted by atomic mass is 9.91. The molecule has 2 aromatic rings. The number of hydrogen-bond acceptors (Lipinski definition) is 4. The smallest absolute Gasteiger partial charge is 0.233 e. The van der Waals surface area contributed by atoms with Gasteiger partial charge < -0.3 is 14.8 Å². The summed E-state index contributed by atoms with van der Waals surface area (Å²) in [4.78, 5) is 15.3. The number of aromatic nitrogens is 3. The zero-order valence-corrected chi connectivity index (χ0v) is 16.2. The molecule has 1 aromatic carbocycles. The maximum absolute atomic E-state index is 13.2. The molecular formula is C20H26ClN5O. The van der Waals surface area contributed by atoms with E-state index in [-0.39, 0.29) is 17.8 Å². The van der Waals surface area contributed by atoms with Crippen LogP contribution in [0.25, 0.3) is 0 Å². The number of benzene rings is 1. The Morgan fingerprint density at radius 1 is 1.07 bits per heavy atom. The molecule has 1 saturated heterocycles. The zero-order valence-electron chi connectivity index (χ0n) is 15.4. The van der Waals surface area contributed by atoms with Gasteiger partial charge in [-0.3, -0.25) is 4.79 Å². The lowest BCUT2D eigenvalue weighted by Gasteiger charge is -2.34. The number of halogens is 1. The summed E-state index contributed by atoms with van der Waals surface area (Å²) in [5.41, 5.74) is 0.944. The van der Waals surface area contributed by atoms with E-state index in [1.54, 1.807) is 0 Å². The van der Waals surface area contributed by atoms with Crippen molar-refractivity contribution in [3.63, 3.8) is 0 Å². The second kappa shape index (κ2) is 7.24. The number of carbonyl (C=O) groups excluding carboxylic acids is 1. The summed E-state index contributed by atoms with van der Waals surface area (Å²) >= 11 is 0. The van der Waals surface area contributed by atoms with Crippen LogP contribution in [0.3, 0.4) is 0 Å². The van der Waals surface area contributed by atoms with E-state index in [1.165, 1.54) is 5.56 Å². The monoisotopic (exact) mass is 387 g/mol. The van der Waals surface area contributed by atoms with Crippen molar-refractivity contribution in [3.8, 4) is 0 Å². The maximum atomic E-state index is 13.2. The summed E-state index contributed by atoms with van der Waals surface area (Å²) in [6.07, 6.45) is 3.95. The lowest BCUT2D eigenvalue weighted by Crippen LogP contribution is -2.44. The van der Waals surface area contributed by atoms with Crippen molar-refractivity contribution in [2.45, 2.75) is 50.1 Å². The fourth-order valence-electron chi connectivity index (χ4n) is 4.57. The summed E-state index contributed by atoms with van der Waals surface area (Å²) in [5, 5.41) is 12.2. The second-order valence-electron chi connectivity index (χ2n) is 7.82. The number of likely N-dealkylation sites (tertiary alicyclic amines) is 1. The van der Waals surface area contributed by atoms with Crippen LogP contribution in [0.15, 0.2) is 30.3 Å². The minimum atomic E-state index is -0.242. The lowest BCUT2D eigenvalue weighted by molar-refractivity contribution is -0.135. The van der Waals surface area contributed by atoms with Gasteiger partial charge in [-0.1, -0.05) is 30.3 Å². The van der Waals surface area contributed by atoms with Crippen molar-refractivity contribution in [3.05, 3.63) is 47.5 Å². The molecule has 7 heteroatoms. The first kappa shape index (κ1) is 18.4. The molecule has 5 rings (SSSR count).